The highest BCUT2D eigenvalue weighted by Gasteiger charge is 2.30. The van der Waals surface area contributed by atoms with Crippen LogP contribution in [0.5, 0.6) is 0 Å². The molecule has 1 N–H and O–H groups in total. The summed E-state index contributed by atoms with van der Waals surface area (Å²) in [7, 11) is 1.81. The lowest BCUT2D eigenvalue weighted by Crippen LogP contribution is -2.53. The molecule has 0 aromatic carbocycles. The fourth-order valence-corrected chi connectivity index (χ4v) is 3.33. The van der Waals surface area contributed by atoms with Crippen molar-refractivity contribution in [3.63, 3.8) is 0 Å². The molecule has 3 nitrogen and oxygen atoms in total. The minimum absolute atomic E-state index is 0.652. The van der Waals surface area contributed by atoms with Gasteiger partial charge in [0.15, 0.2) is 0 Å². The van der Waals surface area contributed by atoms with Crippen molar-refractivity contribution >= 4 is 0 Å². The highest BCUT2D eigenvalue weighted by atomic mass is 16.5. The van der Waals surface area contributed by atoms with Gasteiger partial charge in [-0.05, 0) is 32.7 Å². The van der Waals surface area contributed by atoms with Crippen molar-refractivity contribution in [1.82, 2.24) is 10.2 Å². The second-order valence-electron chi connectivity index (χ2n) is 5.86. The molecule has 0 saturated heterocycles. The molecule has 114 valence electrons. The van der Waals surface area contributed by atoms with Gasteiger partial charge >= 0.3 is 0 Å². The zero-order chi connectivity index (χ0) is 14.1. The molecular formula is C16H34N2O. The smallest absolute Gasteiger partial charge is 0.0589 e. The molecule has 1 aliphatic rings. The Hall–Kier alpha value is -0.120. The van der Waals surface area contributed by atoms with Crippen molar-refractivity contribution in [2.45, 2.75) is 77.4 Å². The van der Waals surface area contributed by atoms with E-state index < -0.39 is 0 Å². The van der Waals surface area contributed by atoms with Crippen molar-refractivity contribution in [2.75, 3.05) is 26.8 Å². The summed E-state index contributed by atoms with van der Waals surface area (Å²) in [5, 5.41) is 3.73. The molecule has 0 bridgehead atoms. The summed E-state index contributed by atoms with van der Waals surface area (Å²) >= 11 is 0. The molecule has 0 aromatic rings. The van der Waals surface area contributed by atoms with Gasteiger partial charge < -0.3 is 10.1 Å². The van der Waals surface area contributed by atoms with E-state index in [0.717, 1.165) is 19.7 Å². The van der Waals surface area contributed by atoms with Gasteiger partial charge in [-0.25, -0.2) is 0 Å². The third-order valence-corrected chi connectivity index (χ3v) is 4.58. The van der Waals surface area contributed by atoms with Crippen LogP contribution in [0, 0.1) is 0 Å². The molecule has 3 heteroatoms. The van der Waals surface area contributed by atoms with Gasteiger partial charge in [-0.15, -0.1) is 0 Å². The first-order valence-electron chi connectivity index (χ1n) is 8.22. The van der Waals surface area contributed by atoms with E-state index in [1.165, 1.54) is 38.5 Å². The average Bonchev–Trinajstić information content (AvgIpc) is 2.65. The molecule has 19 heavy (non-hydrogen) atoms. The quantitative estimate of drug-likeness (QED) is 0.686. The van der Waals surface area contributed by atoms with Crippen LogP contribution in [0.1, 0.15) is 59.3 Å². The maximum atomic E-state index is 5.32. The second-order valence-corrected chi connectivity index (χ2v) is 5.86. The summed E-state index contributed by atoms with van der Waals surface area (Å²) in [6.45, 7) is 9.88. The molecule has 1 saturated carbocycles. The Balaban J connectivity index is 2.74. The normalized spacial score (nSPS) is 26.4. The summed E-state index contributed by atoms with van der Waals surface area (Å²) in [5.74, 6) is 0. The highest BCUT2D eigenvalue weighted by Crippen LogP contribution is 2.24. The van der Waals surface area contributed by atoms with Crippen molar-refractivity contribution in [3.8, 4) is 0 Å². The van der Waals surface area contributed by atoms with Crippen LogP contribution in [0.15, 0.2) is 0 Å². The number of nitrogens with one attached hydrogen (secondary N) is 1. The van der Waals surface area contributed by atoms with E-state index in [1.54, 1.807) is 0 Å². The summed E-state index contributed by atoms with van der Waals surface area (Å²) in [5.41, 5.74) is 0. The van der Waals surface area contributed by atoms with Crippen LogP contribution < -0.4 is 5.32 Å². The topological polar surface area (TPSA) is 24.5 Å². The summed E-state index contributed by atoms with van der Waals surface area (Å²) in [6.07, 6.45) is 8.06. The van der Waals surface area contributed by atoms with Crippen LogP contribution in [0.25, 0.3) is 0 Å². The fourth-order valence-electron chi connectivity index (χ4n) is 3.33. The number of hydrogen-bond acceptors (Lipinski definition) is 3. The molecular weight excluding hydrogens is 236 g/mol. The zero-order valence-corrected chi connectivity index (χ0v) is 13.5. The molecule has 0 radical (unpaired) electrons. The lowest BCUT2D eigenvalue weighted by Gasteiger charge is -2.40. The average molecular weight is 270 g/mol. The van der Waals surface area contributed by atoms with Crippen molar-refractivity contribution in [3.05, 3.63) is 0 Å². The van der Waals surface area contributed by atoms with Gasteiger partial charge in [0.1, 0.15) is 0 Å². The Morgan fingerprint density at radius 1 is 1.21 bits per heavy atom. The van der Waals surface area contributed by atoms with Gasteiger partial charge in [0.05, 0.1) is 6.61 Å². The Kier molecular flexibility index (Phi) is 8.67. The van der Waals surface area contributed by atoms with E-state index in [2.05, 4.69) is 31.0 Å². The number of likely N-dealkylation sites (N-methyl/N-ethyl adjacent to an activating group) is 1. The first kappa shape index (κ1) is 16.9. The molecule has 1 aliphatic carbocycles. The van der Waals surface area contributed by atoms with Gasteiger partial charge in [0.25, 0.3) is 0 Å². The third-order valence-electron chi connectivity index (χ3n) is 4.58. The monoisotopic (exact) mass is 270 g/mol. The molecule has 0 spiro atoms. The SMILES string of the molecule is CCNC1CCCCCC1N(CCOC)C(C)CC. The van der Waals surface area contributed by atoms with Crippen LogP contribution in [0.3, 0.4) is 0 Å². The second kappa shape index (κ2) is 9.73. The minimum atomic E-state index is 0.652. The first-order chi connectivity index (χ1) is 9.24. The van der Waals surface area contributed by atoms with Crippen molar-refractivity contribution in [2.24, 2.45) is 0 Å². The van der Waals surface area contributed by atoms with Gasteiger partial charge in [0.2, 0.25) is 0 Å². The lowest BCUT2D eigenvalue weighted by molar-refractivity contribution is 0.0671. The molecule has 0 aliphatic heterocycles. The maximum Gasteiger partial charge on any atom is 0.0589 e. The first-order valence-corrected chi connectivity index (χ1v) is 8.22. The lowest BCUT2D eigenvalue weighted by atomic mass is 9.98. The van der Waals surface area contributed by atoms with E-state index in [9.17, 15) is 0 Å². The number of hydrogen-bond donors (Lipinski definition) is 1. The van der Waals surface area contributed by atoms with E-state index in [-0.39, 0.29) is 0 Å². The Bertz CT molecular complexity index is 223. The standard InChI is InChI=1S/C16H34N2O/c1-5-14(3)18(12-13-19-4)16-11-9-7-8-10-15(16)17-6-2/h14-17H,5-13H2,1-4H3. The van der Waals surface area contributed by atoms with E-state index in [4.69, 9.17) is 4.74 Å². The van der Waals surface area contributed by atoms with Crippen molar-refractivity contribution < 1.29 is 4.74 Å². The molecule has 0 heterocycles. The van der Waals surface area contributed by atoms with Crippen molar-refractivity contribution in [1.29, 1.82) is 0 Å². The number of methoxy groups -OCH3 is 1. The van der Waals surface area contributed by atoms with Crippen LogP contribution in [0.2, 0.25) is 0 Å². The molecule has 3 atom stereocenters. The predicted molar refractivity (Wildman–Crippen MR) is 82.7 cm³/mol. The summed E-state index contributed by atoms with van der Waals surface area (Å²) in [4.78, 5) is 2.70. The molecule has 0 aromatic heterocycles. The molecule has 0 amide bonds. The largest absolute Gasteiger partial charge is 0.383 e. The van der Waals surface area contributed by atoms with Crippen LogP contribution in [-0.2, 0) is 4.74 Å². The zero-order valence-electron chi connectivity index (χ0n) is 13.5. The Morgan fingerprint density at radius 2 is 1.95 bits per heavy atom. The fraction of sp³-hybridized carbons (Fsp3) is 1.00. The predicted octanol–water partition coefficient (Wildman–Crippen LogP) is 3.04. The molecule has 1 rings (SSSR count). The van der Waals surface area contributed by atoms with Gasteiger partial charge in [-0.3, -0.25) is 4.90 Å². The van der Waals surface area contributed by atoms with Crippen LogP contribution in [-0.4, -0.2) is 49.8 Å². The van der Waals surface area contributed by atoms with Gasteiger partial charge in [0, 0.05) is 31.8 Å². The minimum Gasteiger partial charge on any atom is -0.383 e. The number of nitrogens with zero attached hydrogens (tertiary/aromatic N) is 1. The van der Waals surface area contributed by atoms with E-state index in [1.807, 2.05) is 7.11 Å². The third kappa shape index (κ3) is 5.41. The number of ether oxygens (including phenoxy) is 1. The van der Waals surface area contributed by atoms with E-state index >= 15 is 0 Å². The Labute approximate surface area is 120 Å². The van der Waals surface area contributed by atoms with Crippen LogP contribution >= 0.6 is 0 Å². The summed E-state index contributed by atoms with van der Waals surface area (Å²) in [6, 6.07) is 2.00. The molecule has 1 fully saturated rings. The number of rotatable bonds is 8. The summed E-state index contributed by atoms with van der Waals surface area (Å²) < 4.78 is 5.32. The molecule has 3 unspecified atom stereocenters. The van der Waals surface area contributed by atoms with Gasteiger partial charge in [-0.2, -0.15) is 0 Å². The van der Waals surface area contributed by atoms with E-state index in [0.29, 0.717) is 18.1 Å². The maximum absolute atomic E-state index is 5.32. The highest BCUT2D eigenvalue weighted by molar-refractivity contribution is 4.88. The van der Waals surface area contributed by atoms with Gasteiger partial charge in [-0.1, -0.05) is 33.1 Å². The van der Waals surface area contributed by atoms with Crippen LogP contribution in [0.4, 0.5) is 0 Å². The Morgan fingerprint density at radius 3 is 2.58 bits per heavy atom.